The molecule has 0 aromatic carbocycles. The Bertz CT molecular complexity index is 1420. The zero-order valence-corrected chi connectivity index (χ0v) is 25.4. The molecule has 2 unspecified atom stereocenters. The van der Waals surface area contributed by atoms with E-state index in [1.807, 2.05) is 23.3 Å². The largest absolute Gasteiger partial charge is 0.466 e. The molecule has 3 aliphatic heterocycles. The molecule has 9 nitrogen and oxygen atoms in total. The first-order valence-electron chi connectivity index (χ1n) is 13.4. The molecule has 0 spiro atoms. The summed E-state index contributed by atoms with van der Waals surface area (Å²) >= 11 is 15.9. The predicted molar refractivity (Wildman–Crippen MR) is 161 cm³/mol. The number of thiazole rings is 1. The molecule has 3 aliphatic rings. The zero-order chi connectivity index (χ0) is 28.0. The number of piperazine rings is 1. The number of anilines is 3. The lowest BCUT2D eigenvalue weighted by atomic mass is 9.97. The summed E-state index contributed by atoms with van der Waals surface area (Å²) in [4.78, 5) is 42.5. The molecule has 3 aromatic rings. The van der Waals surface area contributed by atoms with Gasteiger partial charge in [0.1, 0.15) is 16.5 Å². The number of pyridine rings is 1. The van der Waals surface area contributed by atoms with Crippen LogP contribution in [0.15, 0.2) is 23.7 Å². The Hall–Kier alpha value is -2.44. The molecule has 3 saturated heterocycles. The highest BCUT2D eigenvalue weighted by Gasteiger charge is 2.43. The first-order valence-corrected chi connectivity index (χ1v) is 15.9. The molecule has 212 valence electrons. The highest BCUT2D eigenvalue weighted by atomic mass is 35.5. The Morgan fingerprint density at radius 3 is 2.60 bits per heavy atom. The molecule has 6 rings (SSSR count). The Balaban J connectivity index is 1.17. The molecule has 3 fully saturated rings. The summed E-state index contributed by atoms with van der Waals surface area (Å²) in [6.45, 7) is 5.46. The number of likely N-dealkylation sites (N-methyl/N-ethyl adjacent to an activating group) is 1. The van der Waals surface area contributed by atoms with Gasteiger partial charge in [-0.15, -0.1) is 11.3 Å². The topological polar surface area (TPSA) is 90.9 Å². The van der Waals surface area contributed by atoms with E-state index in [0.717, 1.165) is 35.1 Å². The molecule has 2 bridgehead atoms. The van der Waals surface area contributed by atoms with Crippen molar-refractivity contribution in [1.29, 1.82) is 0 Å². The number of likely N-dealkylation sites (tertiary alicyclic amines) is 1. The van der Waals surface area contributed by atoms with Crippen LogP contribution in [-0.2, 0) is 9.53 Å². The van der Waals surface area contributed by atoms with E-state index in [1.165, 1.54) is 17.5 Å². The number of carbonyl (C=O) groups excluding carboxylic acids is 2. The van der Waals surface area contributed by atoms with Crippen LogP contribution in [0.4, 0.5) is 16.0 Å². The van der Waals surface area contributed by atoms with Crippen molar-refractivity contribution in [2.75, 3.05) is 55.0 Å². The maximum absolute atomic E-state index is 13.2. The summed E-state index contributed by atoms with van der Waals surface area (Å²) in [6, 6.07) is 4.54. The number of hydrogen-bond donors (Lipinski definition) is 1. The lowest BCUT2D eigenvalue weighted by molar-refractivity contribution is -0.148. The van der Waals surface area contributed by atoms with Gasteiger partial charge in [-0.1, -0.05) is 34.5 Å². The Morgan fingerprint density at radius 2 is 1.98 bits per heavy atom. The van der Waals surface area contributed by atoms with E-state index in [0.29, 0.717) is 71.2 Å². The van der Waals surface area contributed by atoms with Gasteiger partial charge >= 0.3 is 5.97 Å². The van der Waals surface area contributed by atoms with Gasteiger partial charge in [0.05, 0.1) is 33.0 Å². The number of halogens is 2. The van der Waals surface area contributed by atoms with E-state index in [4.69, 9.17) is 32.9 Å². The van der Waals surface area contributed by atoms with Gasteiger partial charge in [0, 0.05) is 49.8 Å². The summed E-state index contributed by atoms with van der Waals surface area (Å²) in [5, 5.41) is 7.53. The van der Waals surface area contributed by atoms with Crippen LogP contribution in [0.3, 0.4) is 0 Å². The molecule has 3 aromatic heterocycles. The Kier molecular flexibility index (Phi) is 7.93. The number of ether oxygens (including phenoxy) is 1. The molecule has 0 aliphatic carbocycles. The molecular formula is C27H30Cl2N6O3S2. The van der Waals surface area contributed by atoms with Crippen LogP contribution in [-0.4, -0.2) is 78.7 Å². The zero-order valence-electron chi connectivity index (χ0n) is 22.2. The third kappa shape index (κ3) is 5.42. The van der Waals surface area contributed by atoms with Gasteiger partial charge in [0.2, 0.25) is 0 Å². The lowest BCUT2D eigenvalue weighted by Gasteiger charge is -2.32. The maximum Gasteiger partial charge on any atom is 0.309 e. The number of amides is 1. The fraction of sp³-hybridized carbons (Fsp3) is 0.481. The number of nitrogens with zero attached hydrogens (tertiary/aromatic N) is 5. The Morgan fingerprint density at radius 1 is 1.18 bits per heavy atom. The molecule has 40 heavy (non-hydrogen) atoms. The van der Waals surface area contributed by atoms with Gasteiger partial charge in [0.25, 0.3) is 5.91 Å². The molecule has 6 heterocycles. The predicted octanol–water partition coefficient (Wildman–Crippen LogP) is 5.50. The molecular weight excluding hydrogens is 591 g/mol. The van der Waals surface area contributed by atoms with Crippen molar-refractivity contribution in [2.45, 2.75) is 38.3 Å². The monoisotopic (exact) mass is 620 g/mol. The standard InChI is InChI=1S/C27H30Cl2N6O3S2/c1-3-38-26(37)15-4-6-34(7-5-15)23-20(29)8-16(11-30-23)24(36)32-27-31-22(21-9-17(28)14-39-21)25(40-27)35-13-18-10-19(35)12-33(18)2/h8-9,11,14-15,18-19H,3-7,10,12-13H2,1-2H3,(H,31,32,36). The summed E-state index contributed by atoms with van der Waals surface area (Å²) in [6.07, 6.45) is 4.03. The van der Waals surface area contributed by atoms with Crippen LogP contribution in [0.25, 0.3) is 10.6 Å². The third-order valence-electron chi connectivity index (χ3n) is 7.90. The number of nitrogens with one attached hydrogen (secondary N) is 1. The Labute approximate surface area is 251 Å². The molecule has 13 heteroatoms. The van der Waals surface area contributed by atoms with Crippen molar-refractivity contribution in [1.82, 2.24) is 14.9 Å². The van der Waals surface area contributed by atoms with Crippen molar-refractivity contribution < 1.29 is 14.3 Å². The summed E-state index contributed by atoms with van der Waals surface area (Å²) in [5.74, 6) is 0.0482. The fourth-order valence-corrected chi connectivity index (χ4v) is 8.29. The van der Waals surface area contributed by atoms with Crippen LogP contribution in [0.1, 0.15) is 36.5 Å². The van der Waals surface area contributed by atoms with E-state index in [2.05, 4.69) is 27.1 Å². The number of hydrogen-bond acceptors (Lipinski definition) is 10. The normalized spacial score (nSPS) is 21.3. The number of fused-ring (bicyclic) bond motifs is 2. The third-order valence-corrected chi connectivity index (χ3v) is 10.5. The van der Waals surface area contributed by atoms with Gasteiger partial charge < -0.3 is 14.5 Å². The number of thiophene rings is 1. The maximum atomic E-state index is 13.2. The molecule has 0 radical (unpaired) electrons. The second-order valence-electron chi connectivity index (χ2n) is 10.4. The summed E-state index contributed by atoms with van der Waals surface area (Å²) in [5.41, 5.74) is 1.21. The van der Waals surface area contributed by atoms with Gasteiger partial charge in [-0.3, -0.25) is 19.8 Å². The first-order chi connectivity index (χ1) is 19.3. The van der Waals surface area contributed by atoms with Crippen molar-refractivity contribution in [3.63, 3.8) is 0 Å². The lowest BCUT2D eigenvalue weighted by Crippen LogP contribution is -2.44. The minimum Gasteiger partial charge on any atom is -0.466 e. The molecule has 2 atom stereocenters. The SMILES string of the molecule is CCOC(=O)C1CCN(c2ncc(C(=O)Nc3nc(-c4cc(Cl)cs4)c(N4CC5CC4CN5C)s3)cc2Cl)CC1. The van der Waals surface area contributed by atoms with E-state index in [9.17, 15) is 9.59 Å². The minimum atomic E-state index is -0.319. The average molecular weight is 622 g/mol. The number of piperidine rings is 1. The highest BCUT2D eigenvalue weighted by molar-refractivity contribution is 7.21. The first kappa shape index (κ1) is 27.7. The number of carbonyl (C=O) groups is 2. The summed E-state index contributed by atoms with van der Waals surface area (Å²) in [7, 11) is 2.18. The van der Waals surface area contributed by atoms with Crippen molar-refractivity contribution in [3.8, 4) is 10.6 Å². The second-order valence-corrected chi connectivity index (χ2v) is 13.2. The highest BCUT2D eigenvalue weighted by Crippen LogP contribution is 2.46. The van der Waals surface area contributed by atoms with Gasteiger partial charge in [-0.25, -0.2) is 9.97 Å². The van der Waals surface area contributed by atoms with E-state index in [-0.39, 0.29) is 17.8 Å². The van der Waals surface area contributed by atoms with E-state index in [1.54, 1.807) is 17.4 Å². The average Bonchev–Trinajstić information content (AvgIpc) is 3.73. The minimum absolute atomic E-state index is 0.102. The quantitative estimate of drug-likeness (QED) is 0.346. The van der Waals surface area contributed by atoms with E-state index >= 15 is 0 Å². The van der Waals surface area contributed by atoms with Crippen LogP contribution in [0, 0.1) is 5.92 Å². The second kappa shape index (κ2) is 11.4. The smallest absolute Gasteiger partial charge is 0.309 e. The van der Waals surface area contributed by atoms with Crippen LogP contribution < -0.4 is 15.1 Å². The number of esters is 1. The van der Waals surface area contributed by atoms with Crippen molar-refractivity contribution in [3.05, 3.63) is 39.3 Å². The van der Waals surface area contributed by atoms with Crippen molar-refractivity contribution in [2.24, 2.45) is 5.92 Å². The fourth-order valence-electron chi connectivity index (χ4n) is 5.82. The number of rotatable bonds is 7. The van der Waals surface area contributed by atoms with Crippen molar-refractivity contribution >= 4 is 73.7 Å². The molecule has 1 amide bonds. The van der Waals surface area contributed by atoms with E-state index < -0.39 is 0 Å². The van der Waals surface area contributed by atoms with Crippen LogP contribution in [0.5, 0.6) is 0 Å². The van der Waals surface area contributed by atoms with Crippen LogP contribution in [0.2, 0.25) is 10.0 Å². The van der Waals surface area contributed by atoms with Crippen LogP contribution >= 0.6 is 45.9 Å². The van der Waals surface area contributed by atoms with Gasteiger partial charge in [0.15, 0.2) is 5.13 Å². The number of aromatic nitrogens is 2. The van der Waals surface area contributed by atoms with Gasteiger partial charge in [-0.05, 0) is 45.4 Å². The van der Waals surface area contributed by atoms with Gasteiger partial charge in [-0.2, -0.15) is 0 Å². The molecule has 0 saturated carbocycles. The summed E-state index contributed by atoms with van der Waals surface area (Å²) < 4.78 is 5.16. The molecule has 1 N–H and O–H groups in total.